The number of aromatic nitrogens is 2. The summed E-state index contributed by atoms with van der Waals surface area (Å²) < 4.78 is 7.07. The highest BCUT2D eigenvalue weighted by Crippen LogP contribution is 2.15. The van der Waals surface area contributed by atoms with Crippen LogP contribution in [-0.2, 0) is 11.5 Å². The van der Waals surface area contributed by atoms with Crippen molar-refractivity contribution < 1.29 is 14.6 Å². The smallest absolute Gasteiger partial charge is 0.279 e. The Morgan fingerprint density at radius 1 is 1.28 bits per heavy atom. The molecule has 0 spiro atoms. The molecule has 0 amide bonds. The van der Waals surface area contributed by atoms with Crippen molar-refractivity contribution in [3.8, 4) is 5.69 Å². The highest BCUT2D eigenvalue weighted by Gasteiger charge is 2.07. The van der Waals surface area contributed by atoms with Gasteiger partial charge in [-0.05, 0) is 29.8 Å². The second-order valence-corrected chi connectivity index (χ2v) is 5.80. The first-order valence-electron chi connectivity index (χ1n) is 7.64. The van der Waals surface area contributed by atoms with E-state index in [0.717, 1.165) is 5.56 Å². The Hall–Kier alpha value is -3.03. The molecule has 7 heteroatoms. The van der Waals surface area contributed by atoms with E-state index in [1.54, 1.807) is 36.4 Å². The maximum Gasteiger partial charge on any atom is 0.279 e. The number of rotatable bonds is 5. The lowest BCUT2D eigenvalue weighted by Gasteiger charge is -2.05. The zero-order valence-electron chi connectivity index (χ0n) is 14.0. The van der Waals surface area contributed by atoms with Gasteiger partial charge in [-0.2, -0.15) is 0 Å². The van der Waals surface area contributed by atoms with Crippen LogP contribution in [0.15, 0.2) is 45.6 Å². The minimum absolute atomic E-state index is 0.0895. The van der Waals surface area contributed by atoms with Gasteiger partial charge in [0.05, 0.1) is 16.3 Å². The van der Waals surface area contributed by atoms with E-state index < -0.39 is 0 Å². The largest absolute Gasteiger partial charge is 0.441 e. The number of nitrogens with zero attached hydrogens (tertiary/aromatic N) is 2. The highest BCUT2D eigenvalue weighted by atomic mass is 17.1. The molecule has 2 N–H and O–H groups in total. The third-order valence-electron chi connectivity index (χ3n) is 3.77. The third kappa shape index (κ3) is 3.42. The molecule has 2 aromatic heterocycles. The van der Waals surface area contributed by atoms with E-state index in [1.165, 1.54) is 4.68 Å². The fourth-order valence-corrected chi connectivity index (χ4v) is 2.44. The summed E-state index contributed by atoms with van der Waals surface area (Å²) in [6.07, 6.45) is 1.67. The van der Waals surface area contributed by atoms with Gasteiger partial charge in [0.1, 0.15) is 12.4 Å². The number of H-pyrrole nitrogens is 1. The molecule has 0 fully saturated rings. The van der Waals surface area contributed by atoms with Gasteiger partial charge in [0.15, 0.2) is 5.88 Å². The summed E-state index contributed by atoms with van der Waals surface area (Å²) in [6, 6.07) is 10.7. The minimum Gasteiger partial charge on any atom is -0.441 e. The lowest BCUT2D eigenvalue weighted by molar-refractivity contribution is -0.253. The van der Waals surface area contributed by atoms with Gasteiger partial charge in [0.25, 0.3) is 5.56 Å². The van der Waals surface area contributed by atoms with E-state index >= 15 is 0 Å². The summed E-state index contributed by atoms with van der Waals surface area (Å²) in [5, 5.41) is 12.4. The Morgan fingerprint density at radius 2 is 2.00 bits per heavy atom. The van der Waals surface area contributed by atoms with Crippen molar-refractivity contribution in [1.82, 2.24) is 9.78 Å². The van der Waals surface area contributed by atoms with Crippen molar-refractivity contribution in [2.24, 2.45) is 0 Å². The van der Waals surface area contributed by atoms with Crippen molar-refractivity contribution in [3.05, 3.63) is 68.6 Å². The topological polar surface area (TPSA) is 83.6 Å². The van der Waals surface area contributed by atoms with Gasteiger partial charge in [-0.1, -0.05) is 18.7 Å². The summed E-state index contributed by atoms with van der Waals surface area (Å²) in [4.78, 5) is 18.6. The molecule has 0 unspecified atom stereocenters. The maximum atomic E-state index is 12.7. The summed E-state index contributed by atoms with van der Waals surface area (Å²) in [7, 11) is 3.76. The lowest BCUT2D eigenvalue weighted by atomic mass is 10.2. The molecule has 0 saturated carbocycles. The van der Waals surface area contributed by atoms with E-state index in [2.05, 4.69) is 16.6 Å². The molecule has 7 nitrogen and oxygen atoms in total. The van der Waals surface area contributed by atoms with Crippen molar-refractivity contribution >= 4 is 18.5 Å². The fraction of sp³-hybridized carbons (Fsp3) is 0.167. The summed E-state index contributed by atoms with van der Waals surface area (Å²) in [6.45, 7) is 3.99. The molecule has 1 aromatic carbocycles. The molecule has 0 aliphatic rings. The normalized spacial score (nSPS) is 11.9. The van der Waals surface area contributed by atoms with Crippen LogP contribution in [0.1, 0.15) is 11.3 Å². The SMILES string of the molecule is C=c1[nH]n(-c2ccc(COO)cc2)c(=O)c1=Cc1ccc(N(C)C)o1. The molecule has 25 heavy (non-hydrogen) atoms. The molecule has 3 rings (SSSR count). The number of hydrogen-bond acceptors (Lipinski definition) is 5. The van der Waals surface area contributed by atoms with Crippen molar-refractivity contribution in [1.29, 1.82) is 0 Å². The van der Waals surface area contributed by atoms with Crippen LogP contribution in [0.3, 0.4) is 0 Å². The number of nitrogens with one attached hydrogen (secondary N) is 1. The van der Waals surface area contributed by atoms with Gasteiger partial charge in [-0.25, -0.2) is 9.57 Å². The fourth-order valence-electron chi connectivity index (χ4n) is 2.44. The molecular weight excluding hydrogens is 322 g/mol. The Morgan fingerprint density at radius 3 is 2.60 bits per heavy atom. The maximum absolute atomic E-state index is 12.7. The number of furan rings is 1. The van der Waals surface area contributed by atoms with Crippen LogP contribution in [0, 0.1) is 0 Å². The minimum atomic E-state index is -0.223. The summed E-state index contributed by atoms with van der Waals surface area (Å²) in [5.41, 5.74) is 1.22. The monoisotopic (exact) mass is 341 g/mol. The van der Waals surface area contributed by atoms with Crippen molar-refractivity contribution in [3.63, 3.8) is 0 Å². The van der Waals surface area contributed by atoms with Crippen LogP contribution in [0.25, 0.3) is 18.3 Å². The number of benzene rings is 1. The Bertz CT molecular complexity index is 1030. The molecule has 0 bridgehead atoms. The number of anilines is 1. The molecule has 130 valence electrons. The Balaban J connectivity index is 2.02. The molecule has 2 heterocycles. The van der Waals surface area contributed by atoms with E-state index in [4.69, 9.17) is 9.67 Å². The van der Waals surface area contributed by atoms with Crippen molar-refractivity contribution in [2.75, 3.05) is 19.0 Å². The van der Waals surface area contributed by atoms with Gasteiger partial charge in [-0.3, -0.25) is 15.2 Å². The van der Waals surface area contributed by atoms with Crippen LogP contribution in [0.5, 0.6) is 0 Å². The molecular formula is C18H19N3O4. The van der Waals surface area contributed by atoms with E-state index in [9.17, 15) is 4.79 Å². The summed E-state index contributed by atoms with van der Waals surface area (Å²) >= 11 is 0. The van der Waals surface area contributed by atoms with Gasteiger partial charge in [-0.15, -0.1) is 0 Å². The predicted molar refractivity (Wildman–Crippen MR) is 95.2 cm³/mol. The van der Waals surface area contributed by atoms with Crippen LogP contribution in [0.4, 0.5) is 5.88 Å². The average Bonchev–Trinajstić information content (AvgIpc) is 3.16. The van der Waals surface area contributed by atoms with Crippen LogP contribution in [0.2, 0.25) is 0 Å². The molecule has 0 aliphatic heterocycles. The molecule has 0 saturated heterocycles. The Labute approximate surface area is 143 Å². The van der Waals surface area contributed by atoms with E-state index in [0.29, 0.717) is 27.9 Å². The second kappa shape index (κ2) is 6.84. The first-order chi connectivity index (χ1) is 12.0. The van der Waals surface area contributed by atoms with Gasteiger partial charge >= 0.3 is 0 Å². The van der Waals surface area contributed by atoms with Crippen LogP contribution >= 0.6 is 0 Å². The lowest BCUT2D eigenvalue weighted by Crippen LogP contribution is -2.33. The number of aromatic amines is 1. The zero-order chi connectivity index (χ0) is 18.0. The predicted octanol–water partition coefficient (Wildman–Crippen LogP) is 1.05. The molecule has 3 aromatic rings. The van der Waals surface area contributed by atoms with Gasteiger partial charge < -0.3 is 9.32 Å². The first kappa shape index (κ1) is 16.8. The second-order valence-electron chi connectivity index (χ2n) is 5.80. The van der Waals surface area contributed by atoms with E-state index in [1.807, 2.05) is 25.1 Å². The quantitative estimate of drug-likeness (QED) is 0.535. The Kier molecular flexibility index (Phi) is 4.60. The zero-order valence-corrected chi connectivity index (χ0v) is 14.0. The van der Waals surface area contributed by atoms with Crippen LogP contribution in [-0.4, -0.2) is 29.1 Å². The molecule has 0 atom stereocenters. The third-order valence-corrected chi connectivity index (χ3v) is 3.77. The average molecular weight is 341 g/mol. The van der Waals surface area contributed by atoms with Gasteiger partial charge in [0, 0.05) is 20.2 Å². The molecule has 0 aliphatic carbocycles. The number of hydrogen-bond donors (Lipinski definition) is 2. The van der Waals surface area contributed by atoms with Gasteiger partial charge in [0.2, 0.25) is 0 Å². The van der Waals surface area contributed by atoms with E-state index in [-0.39, 0.29) is 12.2 Å². The first-order valence-corrected chi connectivity index (χ1v) is 7.64. The van der Waals surface area contributed by atoms with Crippen LogP contribution < -0.4 is 21.0 Å². The summed E-state index contributed by atoms with van der Waals surface area (Å²) in [5.74, 6) is 1.28. The molecule has 0 radical (unpaired) electrons. The standard InChI is InChI=1S/C18H19N3O4/c1-12-16(10-15-8-9-17(25-15)20(2)3)18(22)21(19-12)14-6-4-13(5-7-14)11-24-23/h4-10,19,23H,1,11H2,2-3H3. The highest BCUT2D eigenvalue weighted by molar-refractivity contribution is 5.48. The van der Waals surface area contributed by atoms with Crippen molar-refractivity contribution in [2.45, 2.75) is 6.61 Å².